The third-order valence-electron chi connectivity index (χ3n) is 6.74. The van der Waals surface area contributed by atoms with E-state index >= 15 is 0 Å². The number of morpholine rings is 1. The molecule has 6 nitrogen and oxygen atoms in total. The Hall–Kier alpha value is -2.48. The number of benzene rings is 2. The van der Waals surface area contributed by atoms with Gasteiger partial charge < -0.3 is 10.1 Å². The number of aromatic nitrogens is 2. The molecule has 1 aliphatic carbocycles. The van der Waals surface area contributed by atoms with Gasteiger partial charge in [-0.15, -0.1) is 0 Å². The molecule has 7 heteroatoms. The summed E-state index contributed by atoms with van der Waals surface area (Å²) in [5.74, 6) is 1.21. The fourth-order valence-corrected chi connectivity index (χ4v) is 5.52. The molecule has 1 N–H and O–H groups in total. The van der Waals surface area contributed by atoms with Gasteiger partial charge in [0.15, 0.2) is 0 Å². The zero-order valence-electron chi connectivity index (χ0n) is 18.8. The number of thioether (sulfide) groups is 1. The lowest BCUT2D eigenvalue weighted by molar-refractivity contribution is -0.119. The van der Waals surface area contributed by atoms with Crippen LogP contribution in [0.5, 0.6) is 0 Å². The summed E-state index contributed by atoms with van der Waals surface area (Å²) in [6.45, 7) is 4.69. The first-order chi connectivity index (χ1) is 16.2. The van der Waals surface area contributed by atoms with Crippen molar-refractivity contribution in [3.63, 3.8) is 0 Å². The topological polar surface area (TPSA) is 67.4 Å². The standard InChI is InChI=1S/C26H30N4O2S/c31-24(27-19-26(11-6-12-26)20-7-2-1-3-8-20)18-33-25-21-9-4-5-10-22(21)28-23(29-25)17-30-13-15-32-16-14-30/h1-5,7-10H,6,11-19H2,(H,27,31). The van der Waals surface area contributed by atoms with E-state index in [9.17, 15) is 4.79 Å². The molecule has 2 heterocycles. The van der Waals surface area contributed by atoms with Crippen molar-refractivity contribution in [2.75, 3.05) is 38.6 Å². The van der Waals surface area contributed by atoms with Crippen LogP contribution in [0.2, 0.25) is 0 Å². The molecule has 0 atom stereocenters. The van der Waals surface area contributed by atoms with Crippen LogP contribution in [0.15, 0.2) is 59.6 Å². The zero-order valence-corrected chi connectivity index (χ0v) is 19.7. The van der Waals surface area contributed by atoms with Gasteiger partial charge in [-0.25, -0.2) is 9.97 Å². The monoisotopic (exact) mass is 462 g/mol. The van der Waals surface area contributed by atoms with E-state index in [4.69, 9.17) is 14.7 Å². The average molecular weight is 463 g/mol. The lowest BCUT2D eigenvalue weighted by atomic mass is 9.64. The van der Waals surface area contributed by atoms with E-state index in [0.29, 0.717) is 18.8 Å². The molecule has 1 aliphatic heterocycles. The predicted molar refractivity (Wildman–Crippen MR) is 131 cm³/mol. The number of hydrogen-bond donors (Lipinski definition) is 1. The van der Waals surface area contributed by atoms with Crippen molar-refractivity contribution < 1.29 is 9.53 Å². The van der Waals surface area contributed by atoms with Gasteiger partial charge in [0.05, 0.1) is 31.0 Å². The van der Waals surface area contributed by atoms with Gasteiger partial charge in [0.2, 0.25) is 5.91 Å². The van der Waals surface area contributed by atoms with Crippen molar-refractivity contribution in [1.82, 2.24) is 20.2 Å². The Balaban J connectivity index is 1.24. The highest BCUT2D eigenvalue weighted by Crippen LogP contribution is 2.43. The summed E-state index contributed by atoms with van der Waals surface area (Å²) >= 11 is 1.50. The van der Waals surface area contributed by atoms with E-state index in [2.05, 4.69) is 34.5 Å². The van der Waals surface area contributed by atoms with Crippen molar-refractivity contribution in [2.24, 2.45) is 0 Å². The van der Waals surface area contributed by atoms with E-state index in [0.717, 1.165) is 60.9 Å². The first-order valence-corrected chi connectivity index (χ1v) is 12.7. The maximum absolute atomic E-state index is 12.8. The molecule has 1 aromatic heterocycles. The number of hydrogen-bond acceptors (Lipinski definition) is 6. The Morgan fingerprint density at radius 3 is 2.55 bits per heavy atom. The molecule has 0 bridgehead atoms. The Kier molecular flexibility index (Phi) is 6.90. The molecule has 33 heavy (non-hydrogen) atoms. The number of ether oxygens (including phenoxy) is 1. The van der Waals surface area contributed by atoms with Crippen LogP contribution in [-0.2, 0) is 21.5 Å². The molecule has 1 amide bonds. The number of fused-ring (bicyclic) bond motifs is 1. The summed E-state index contributed by atoms with van der Waals surface area (Å²) in [7, 11) is 0. The molecule has 172 valence electrons. The second-order valence-corrected chi connectivity index (χ2v) is 9.88. The van der Waals surface area contributed by atoms with Gasteiger partial charge in [-0.1, -0.05) is 66.7 Å². The molecular weight excluding hydrogens is 432 g/mol. The van der Waals surface area contributed by atoms with E-state index in [-0.39, 0.29) is 11.3 Å². The number of nitrogens with one attached hydrogen (secondary N) is 1. The lowest BCUT2D eigenvalue weighted by Gasteiger charge is -2.42. The first kappa shape index (κ1) is 22.3. The minimum absolute atomic E-state index is 0.0552. The summed E-state index contributed by atoms with van der Waals surface area (Å²) in [6, 6.07) is 18.6. The second-order valence-electron chi connectivity index (χ2n) is 8.92. The van der Waals surface area contributed by atoms with Crippen LogP contribution in [0, 0.1) is 0 Å². The Bertz CT molecular complexity index is 1100. The maximum atomic E-state index is 12.8. The normalized spacial score (nSPS) is 18.1. The van der Waals surface area contributed by atoms with Crippen LogP contribution in [0.3, 0.4) is 0 Å². The largest absolute Gasteiger partial charge is 0.379 e. The molecule has 2 aromatic carbocycles. The number of nitrogens with zero attached hydrogens (tertiary/aromatic N) is 3. The molecule has 2 fully saturated rings. The van der Waals surface area contributed by atoms with Crippen molar-refractivity contribution in [3.8, 4) is 0 Å². The summed E-state index contributed by atoms with van der Waals surface area (Å²) in [5, 5.41) is 5.07. The molecule has 1 saturated heterocycles. The van der Waals surface area contributed by atoms with Gasteiger partial charge in [-0.05, 0) is 24.5 Å². The smallest absolute Gasteiger partial charge is 0.230 e. The number of rotatable bonds is 8. The summed E-state index contributed by atoms with van der Waals surface area (Å²) in [5.41, 5.74) is 2.35. The zero-order chi connectivity index (χ0) is 22.5. The molecule has 5 rings (SSSR count). The summed E-state index contributed by atoms with van der Waals surface area (Å²) in [4.78, 5) is 24.7. The molecule has 0 radical (unpaired) electrons. The van der Waals surface area contributed by atoms with Crippen molar-refractivity contribution in [2.45, 2.75) is 36.2 Å². The van der Waals surface area contributed by atoms with Gasteiger partial charge in [-0.3, -0.25) is 9.69 Å². The van der Waals surface area contributed by atoms with E-state index < -0.39 is 0 Å². The van der Waals surface area contributed by atoms with E-state index in [1.165, 1.54) is 23.7 Å². The highest BCUT2D eigenvalue weighted by molar-refractivity contribution is 8.00. The van der Waals surface area contributed by atoms with Crippen LogP contribution in [0.4, 0.5) is 0 Å². The van der Waals surface area contributed by atoms with Gasteiger partial charge >= 0.3 is 0 Å². The van der Waals surface area contributed by atoms with Crippen molar-refractivity contribution in [3.05, 3.63) is 66.0 Å². The van der Waals surface area contributed by atoms with Crippen LogP contribution in [0.25, 0.3) is 10.9 Å². The van der Waals surface area contributed by atoms with Gasteiger partial charge in [0, 0.05) is 30.4 Å². The van der Waals surface area contributed by atoms with Gasteiger partial charge in [-0.2, -0.15) is 0 Å². The SMILES string of the molecule is O=C(CSc1nc(CN2CCOCC2)nc2ccccc12)NCC1(c2ccccc2)CCC1. The fraction of sp³-hybridized carbons (Fsp3) is 0.423. The van der Waals surface area contributed by atoms with Gasteiger partial charge in [0.1, 0.15) is 10.9 Å². The lowest BCUT2D eigenvalue weighted by Crippen LogP contribution is -2.46. The third kappa shape index (κ3) is 5.21. The first-order valence-electron chi connectivity index (χ1n) is 11.7. The highest BCUT2D eigenvalue weighted by Gasteiger charge is 2.38. The fourth-order valence-electron chi connectivity index (χ4n) is 4.65. The molecular formula is C26H30N4O2S. The minimum atomic E-state index is 0.0552. The van der Waals surface area contributed by atoms with Crippen LogP contribution in [0.1, 0.15) is 30.7 Å². The van der Waals surface area contributed by atoms with E-state index in [1.807, 2.05) is 30.3 Å². The van der Waals surface area contributed by atoms with Crippen LogP contribution >= 0.6 is 11.8 Å². The van der Waals surface area contributed by atoms with E-state index in [1.54, 1.807) is 0 Å². The molecule has 2 aliphatic rings. The Morgan fingerprint density at radius 1 is 1.03 bits per heavy atom. The van der Waals surface area contributed by atoms with Crippen molar-refractivity contribution >= 4 is 28.6 Å². The quantitative estimate of drug-likeness (QED) is 0.406. The summed E-state index contributed by atoms with van der Waals surface area (Å²) < 4.78 is 5.45. The Labute approximate surface area is 199 Å². The van der Waals surface area contributed by atoms with Gasteiger partial charge in [0.25, 0.3) is 0 Å². The molecule has 1 saturated carbocycles. The minimum Gasteiger partial charge on any atom is -0.379 e. The summed E-state index contributed by atoms with van der Waals surface area (Å²) in [6.07, 6.45) is 3.48. The Morgan fingerprint density at radius 2 is 1.79 bits per heavy atom. The average Bonchev–Trinajstić information content (AvgIpc) is 2.83. The third-order valence-corrected chi connectivity index (χ3v) is 7.74. The van der Waals surface area contributed by atoms with Crippen LogP contribution < -0.4 is 5.32 Å². The number of para-hydroxylation sites is 1. The van der Waals surface area contributed by atoms with Crippen molar-refractivity contribution in [1.29, 1.82) is 0 Å². The molecule has 3 aromatic rings. The predicted octanol–water partition coefficient (Wildman–Crippen LogP) is 3.79. The van der Waals surface area contributed by atoms with Crippen LogP contribution in [-0.4, -0.2) is 59.4 Å². The second kappa shape index (κ2) is 10.2. The number of carbonyl (C=O) groups excluding carboxylic acids is 1. The molecule has 0 unspecified atom stereocenters. The maximum Gasteiger partial charge on any atom is 0.230 e. The highest BCUT2D eigenvalue weighted by atomic mass is 32.2. The number of carbonyl (C=O) groups is 1. The number of amides is 1. The molecule has 0 spiro atoms.